The monoisotopic (exact) mass is 354 g/mol. The van der Waals surface area contributed by atoms with E-state index in [0.29, 0.717) is 22.6 Å². The van der Waals surface area contributed by atoms with E-state index in [9.17, 15) is 9.59 Å². The van der Waals surface area contributed by atoms with E-state index < -0.39 is 5.97 Å². The first-order chi connectivity index (χ1) is 10.0. The van der Waals surface area contributed by atoms with Gasteiger partial charge in [-0.05, 0) is 44.0 Å². The van der Waals surface area contributed by atoms with Crippen molar-refractivity contribution in [2.45, 2.75) is 38.1 Å². The van der Waals surface area contributed by atoms with Crippen LogP contribution in [-0.2, 0) is 4.79 Å². The molecule has 5 nitrogen and oxygen atoms in total. The van der Waals surface area contributed by atoms with Gasteiger partial charge in [-0.1, -0.05) is 22.4 Å². The van der Waals surface area contributed by atoms with E-state index in [1.165, 1.54) is 25.0 Å². The molecule has 2 rings (SSSR count). The van der Waals surface area contributed by atoms with Gasteiger partial charge in [0.15, 0.2) is 0 Å². The minimum Gasteiger partial charge on any atom is -0.478 e. The van der Waals surface area contributed by atoms with Gasteiger partial charge in [-0.2, -0.15) is 0 Å². The van der Waals surface area contributed by atoms with E-state index in [4.69, 9.17) is 5.11 Å². The van der Waals surface area contributed by atoms with Crippen LogP contribution in [0, 0.1) is 0 Å². The average Bonchev–Trinajstić information content (AvgIpc) is 2.45. The summed E-state index contributed by atoms with van der Waals surface area (Å²) in [5, 5.41) is 15.2. The van der Waals surface area contributed by atoms with Crippen molar-refractivity contribution in [2.24, 2.45) is 0 Å². The third kappa shape index (κ3) is 5.13. The maximum atomic E-state index is 11.9. The smallest absolute Gasteiger partial charge is 0.335 e. The van der Waals surface area contributed by atoms with Crippen LogP contribution in [0.2, 0.25) is 0 Å². The first-order valence-electron chi connectivity index (χ1n) is 7.12. The van der Waals surface area contributed by atoms with E-state index in [1.54, 1.807) is 6.07 Å². The van der Waals surface area contributed by atoms with Crippen LogP contribution in [0.25, 0.3) is 0 Å². The number of benzene rings is 1. The Morgan fingerprint density at radius 3 is 2.81 bits per heavy atom. The minimum absolute atomic E-state index is 0.0863. The molecule has 1 unspecified atom stereocenters. The highest BCUT2D eigenvalue weighted by molar-refractivity contribution is 9.10. The predicted octanol–water partition coefficient (Wildman–Crippen LogP) is 3.01. The molecule has 1 heterocycles. The lowest BCUT2D eigenvalue weighted by Crippen LogP contribution is -2.34. The Kier molecular flexibility index (Phi) is 5.76. The van der Waals surface area contributed by atoms with Crippen LogP contribution in [0.1, 0.15) is 42.5 Å². The SMILES string of the molecule is O=C(CCC1CCCCN1)Nc1cc(Br)cc(C(=O)O)c1. The van der Waals surface area contributed by atoms with Gasteiger partial charge in [0.25, 0.3) is 0 Å². The lowest BCUT2D eigenvalue weighted by Gasteiger charge is -2.23. The summed E-state index contributed by atoms with van der Waals surface area (Å²) in [6.07, 6.45) is 4.79. The van der Waals surface area contributed by atoms with Crippen LogP contribution in [0.3, 0.4) is 0 Å². The molecule has 0 radical (unpaired) electrons. The third-order valence-electron chi connectivity index (χ3n) is 3.56. The van der Waals surface area contributed by atoms with Gasteiger partial charge in [-0.25, -0.2) is 4.79 Å². The molecule has 114 valence electrons. The molecule has 1 aromatic carbocycles. The summed E-state index contributed by atoms with van der Waals surface area (Å²) in [6, 6.07) is 5.08. The van der Waals surface area contributed by atoms with Gasteiger partial charge >= 0.3 is 5.97 Å². The van der Waals surface area contributed by atoms with Gasteiger partial charge in [0.1, 0.15) is 0 Å². The standard InChI is InChI=1S/C15H19BrN2O3/c16-11-7-10(15(20)21)8-13(9-11)18-14(19)5-4-12-3-1-2-6-17-12/h7-9,12,17H,1-6H2,(H,18,19)(H,20,21). The Morgan fingerprint density at radius 1 is 1.33 bits per heavy atom. The van der Waals surface area contributed by atoms with Gasteiger partial charge in [0.2, 0.25) is 5.91 Å². The third-order valence-corrected chi connectivity index (χ3v) is 4.02. The zero-order valence-corrected chi connectivity index (χ0v) is 13.3. The van der Waals surface area contributed by atoms with Crippen LogP contribution in [0.15, 0.2) is 22.7 Å². The highest BCUT2D eigenvalue weighted by atomic mass is 79.9. The molecule has 1 aromatic rings. The van der Waals surface area contributed by atoms with Crippen LogP contribution < -0.4 is 10.6 Å². The van der Waals surface area contributed by atoms with E-state index in [2.05, 4.69) is 26.6 Å². The maximum absolute atomic E-state index is 11.9. The summed E-state index contributed by atoms with van der Waals surface area (Å²) < 4.78 is 0.631. The van der Waals surface area contributed by atoms with Gasteiger partial charge in [0.05, 0.1) is 5.56 Å². The van der Waals surface area contributed by atoms with Crippen LogP contribution >= 0.6 is 15.9 Å². The predicted molar refractivity (Wildman–Crippen MR) is 84.6 cm³/mol. The molecular formula is C15H19BrN2O3. The van der Waals surface area contributed by atoms with E-state index in [0.717, 1.165) is 19.4 Å². The Hall–Kier alpha value is -1.40. The summed E-state index contributed by atoms with van der Waals surface area (Å²) in [5.41, 5.74) is 0.650. The zero-order chi connectivity index (χ0) is 15.2. The van der Waals surface area contributed by atoms with Gasteiger partial charge in [-0.15, -0.1) is 0 Å². The van der Waals surface area contributed by atoms with Crippen LogP contribution in [0.5, 0.6) is 0 Å². The molecule has 3 N–H and O–H groups in total. The summed E-state index contributed by atoms with van der Waals surface area (Å²) in [7, 11) is 0. The van der Waals surface area contributed by atoms with E-state index in [1.807, 2.05) is 0 Å². The van der Waals surface area contributed by atoms with Crippen molar-refractivity contribution in [2.75, 3.05) is 11.9 Å². The number of rotatable bonds is 5. The number of carboxylic acid groups (broad SMARTS) is 1. The molecule has 0 aromatic heterocycles. The fraction of sp³-hybridized carbons (Fsp3) is 0.467. The summed E-state index contributed by atoms with van der Waals surface area (Å²) in [6.45, 7) is 1.03. The second-order valence-corrected chi connectivity index (χ2v) is 6.18. The number of hydrogen-bond donors (Lipinski definition) is 3. The number of carboxylic acids is 1. The first kappa shape index (κ1) is 16.0. The highest BCUT2D eigenvalue weighted by Gasteiger charge is 2.14. The molecule has 0 aliphatic carbocycles. The van der Waals surface area contributed by atoms with Gasteiger partial charge < -0.3 is 15.7 Å². The number of amides is 1. The summed E-state index contributed by atoms with van der Waals surface area (Å²) in [5.74, 6) is -1.10. The van der Waals surface area contributed by atoms with Crippen molar-refractivity contribution < 1.29 is 14.7 Å². The first-order valence-corrected chi connectivity index (χ1v) is 7.91. The normalized spacial score (nSPS) is 18.2. The van der Waals surface area contributed by atoms with Crippen molar-refractivity contribution in [3.8, 4) is 0 Å². The molecule has 0 spiro atoms. The topological polar surface area (TPSA) is 78.4 Å². The number of carbonyl (C=O) groups excluding carboxylic acids is 1. The van der Waals surface area contributed by atoms with Gasteiger partial charge in [0, 0.05) is 22.6 Å². The fourth-order valence-electron chi connectivity index (χ4n) is 2.48. The Morgan fingerprint density at radius 2 is 2.14 bits per heavy atom. The second kappa shape index (κ2) is 7.56. The number of halogens is 1. The maximum Gasteiger partial charge on any atom is 0.335 e. The molecule has 1 amide bonds. The molecule has 6 heteroatoms. The molecule has 21 heavy (non-hydrogen) atoms. The summed E-state index contributed by atoms with van der Waals surface area (Å²) >= 11 is 3.25. The quantitative estimate of drug-likeness (QED) is 0.759. The average molecular weight is 355 g/mol. The Balaban J connectivity index is 1.88. The van der Waals surface area contributed by atoms with Gasteiger partial charge in [-0.3, -0.25) is 4.79 Å². The molecule has 0 bridgehead atoms. The van der Waals surface area contributed by atoms with Crippen LogP contribution in [0.4, 0.5) is 5.69 Å². The largest absolute Gasteiger partial charge is 0.478 e. The number of aromatic carboxylic acids is 1. The van der Waals surface area contributed by atoms with Crippen molar-refractivity contribution in [3.63, 3.8) is 0 Å². The zero-order valence-electron chi connectivity index (χ0n) is 11.7. The molecule has 0 saturated carbocycles. The molecule has 1 aliphatic heterocycles. The molecular weight excluding hydrogens is 336 g/mol. The van der Waals surface area contributed by atoms with Crippen molar-refractivity contribution in [1.82, 2.24) is 5.32 Å². The molecule has 1 saturated heterocycles. The fourth-order valence-corrected chi connectivity index (χ4v) is 2.98. The lowest BCUT2D eigenvalue weighted by atomic mass is 10.0. The minimum atomic E-state index is -1.02. The molecule has 1 atom stereocenters. The summed E-state index contributed by atoms with van der Waals surface area (Å²) in [4.78, 5) is 22.9. The Bertz CT molecular complexity index is 528. The number of nitrogens with one attached hydrogen (secondary N) is 2. The van der Waals surface area contributed by atoms with Crippen molar-refractivity contribution in [3.05, 3.63) is 28.2 Å². The van der Waals surface area contributed by atoms with E-state index in [-0.39, 0.29) is 11.5 Å². The van der Waals surface area contributed by atoms with Crippen molar-refractivity contribution in [1.29, 1.82) is 0 Å². The number of anilines is 1. The van der Waals surface area contributed by atoms with E-state index >= 15 is 0 Å². The molecule has 1 aliphatic rings. The highest BCUT2D eigenvalue weighted by Crippen LogP contribution is 2.20. The van der Waals surface area contributed by atoms with Crippen LogP contribution in [-0.4, -0.2) is 29.6 Å². The number of hydrogen-bond acceptors (Lipinski definition) is 3. The number of piperidine rings is 1. The van der Waals surface area contributed by atoms with Crippen molar-refractivity contribution >= 4 is 33.5 Å². The second-order valence-electron chi connectivity index (χ2n) is 5.27. The number of carbonyl (C=O) groups is 2. The Labute approximate surface area is 132 Å². The lowest BCUT2D eigenvalue weighted by molar-refractivity contribution is -0.116. The molecule has 1 fully saturated rings.